The van der Waals surface area contributed by atoms with Crippen LogP contribution >= 0.6 is 0 Å². The first-order chi connectivity index (χ1) is 3.77. The van der Waals surface area contributed by atoms with Crippen LogP contribution in [0.4, 0.5) is 0 Å². The third-order valence-corrected chi connectivity index (χ3v) is 0.887. The van der Waals surface area contributed by atoms with Crippen molar-refractivity contribution in [2.45, 2.75) is 6.42 Å². The molecule has 0 aromatic heterocycles. The monoisotopic (exact) mass is 138 g/mol. The largest absolute Gasteiger partial charge is 0.750 e. The summed E-state index contributed by atoms with van der Waals surface area (Å²) in [7, 11) is 0. The van der Waals surface area contributed by atoms with Crippen LogP contribution in [0, 0.1) is 0 Å². The number of hydrogen-bond donors (Lipinski definition) is 1. The van der Waals surface area contributed by atoms with E-state index in [-0.39, 0.29) is 6.61 Å². The normalized spacial score (nSPS) is 13.8. The summed E-state index contributed by atoms with van der Waals surface area (Å²) in [6, 6.07) is 0. The average molecular weight is 138 g/mol. The maximum atomic E-state index is 9.61. The van der Waals surface area contributed by atoms with Crippen molar-refractivity contribution in [2.24, 2.45) is 5.73 Å². The standard InChI is InChI=1S/C3H9NO3S/c4-2-1-3-7-8(5)6/h1-4H2,(H,5,6)/p-1. The highest BCUT2D eigenvalue weighted by Gasteiger charge is 1.82. The van der Waals surface area contributed by atoms with Crippen molar-refractivity contribution in [3.8, 4) is 0 Å². The first-order valence-electron chi connectivity index (χ1n) is 2.20. The van der Waals surface area contributed by atoms with Crippen molar-refractivity contribution < 1.29 is 12.9 Å². The summed E-state index contributed by atoms with van der Waals surface area (Å²) in [5.41, 5.74) is 5.03. The maximum absolute atomic E-state index is 9.61. The van der Waals surface area contributed by atoms with Crippen LogP contribution in [0.3, 0.4) is 0 Å². The molecule has 2 N–H and O–H groups in total. The molecule has 0 aliphatic rings. The second kappa shape index (κ2) is 5.17. The fraction of sp³-hybridized carbons (Fsp3) is 1.00. The second-order valence-electron chi connectivity index (χ2n) is 1.17. The lowest BCUT2D eigenvalue weighted by Gasteiger charge is -2.02. The van der Waals surface area contributed by atoms with Gasteiger partial charge < -0.3 is 14.5 Å². The van der Waals surface area contributed by atoms with E-state index in [0.29, 0.717) is 13.0 Å². The zero-order chi connectivity index (χ0) is 6.41. The minimum Gasteiger partial charge on any atom is -0.750 e. The van der Waals surface area contributed by atoms with E-state index in [1.165, 1.54) is 0 Å². The average Bonchev–Trinajstić information content (AvgIpc) is 1.66. The summed E-state index contributed by atoms with van der Waals surface area (Å²) in [4.78, 5) is 0. The zero-order valence-corrected chi connectivity index (χ0v) is 5.15. The molecule has 0 aromatic carbocycles. The van der Waals surface area contributed by atoms with Crippen molar-refractivity contribution in [2.75, 3.05) is 13.2 Å². The summed E-state index contributed by atoms with van der Waals surface area (Å²) < 4.78 is 23.3. The molecule has 0 bridgehead atoms. The van der Waals surface area contributed by atoms with Crippen molar-refractivity contribution in [3.05, 3.63) is 0 Å². The Morgan fingerprint density at radius 2 is 2.38 bits per heavy atom. The molecule has 0 radical (unpaired) electrons. The molecule has 0 spiro atoms. The zero-order valence-electron chi connectivity index (χ0n) is 4.33. The van der Waals surface area contributed by atoms with Crippen molar-refractivity contribution in [1.29, 1.82) is 0 Å². The molecule has 0 amide bonds. The van der Waals surface area contributed by atoms with Crippen molar-refractivity contribution in [1.82, 2.24) is 0 Å². The molecule has 0 aromatic rings. The highest BCUT2D eigenvalue weighted by atomic mass is 32.2. The maximum Gasteiger partial charge on any atom is 0.0842 e. The third kappa shape index (κ3) is 6.03. The van der Waals surface area contributed by atoms with Gasteiger partial charge in [0.1, 0.15) is 0 Å². The molecule has 4 nitrogen and oxygen atoms in total. The molecule has 0 heterocycles. The molecule has 0 aliphatic heterocycles. The van der Waals surface area contributed by atoms with Crippen LogP contribution in [0.15, 0.2) is 0 Å². The Morgan fingerprint density at radius 1 is 1.75 bits per heavy atom. The lowest BCUT2D eigenvalue weighted by molar-refractivity contribution is 0.297. The van der Waals surface area contributed by atoms with Crippen LogP contribution in [0.2, 0.25) is 0 Å². The molecule has 0 rings (SSSR count). The molecule has 0 saturated carbocycles. The predicted molar refractivity (Wildman–Crippen MR) is 28.5 cm³/mol. The molecule has 0 fully saturated rings. The Labute approximate surface area is 50.5 Å². The predicted octanol–water partition coefficient (Wildman–Crippen LogP) is -0.854. The first-order valence-corrected chi connectivity index (χ1v) is 3.20. The van der Waals surface area contributed by atoms with E-state index in [1.807, 2.05) is 0 Å². The van der Waals surface area contributed by atoms with Gasteiger partial charge in [-0.05, 0) is 13.0 Å². The summed E-state index contributed by atoms with van der Waals surface area (Å²) in [5.74, 6) is 0. The lowest BCUT2D eigenvalue weighted by Crippen LogP contribution is -2.05. The van der Waals surface area contributed by atoms with Gasteiger partial charge in [0.25, 0.3) is 0 Å². The van der Waals surface area contributed by atoms with E-state index in [0.717, 1.165) is 0 Å². The van der Waals surface area contributed by atoms with E-state index in [4.69, 9.17) is 5.73 Å². The van der Waals surface area contributed by atoms with Gasteiger partial charge in [-0.2, -0.15) is 0 Å². The quantitative estimate of drug-likeness (QED) is 0.405. The lowest BCUT2D eigenvalue weighted by atomic mass is 10.5. The summed E-state index contributed by atoms with van der Waals surface area (Å²) in [6.07, 6.45) is 0.577. The van der Waals surface area contributed by atoms with Crippen molar-refractivity contribution in [3.63, 3.8) is 0 Å². The van der Waals surface area contributed by atoms with Gasteiger partial charge in [-0.25, -0.2) is 4.21 Å². The Bertz CT molecular complexity index is 76.9. The SMILES string of the molecule is NCCCOS(=O)[O-]. The van der Waals surface area contributed by atoms with Gasteiger partial charge in [0.15, 0.2) is 0 Å². The summed E-state index contributed by atoms with van der Waals surface area (Å²) >= 11 is -2.37. The van der Waals surface area contributed by atoms with Gasteiger partial charge >= 0.3 is 0 Å². The van der Waals surface area contributed by atoms with E-state index < -0.39 is 11.4 Å². The number of hydrogen-bond acceptors (Lipinski definition) is 4. The summed E-state index contributed by atoms with van der Waals surface area (Å²) in [6.45, 7) is 0.643. The second-order valence-corrected chi connectivity index (χ2v) is 1.81. The van der Waals surface area contributed by atoms with Crippen LogP contribution < -0.4 is 5.73 Å². The van der Waals surface area contributed by atoms with E-state index in [9.17, 15) is 8.76 Å². The van der Waals surface area contributed by atoms with E-state index in [2.05, 4.69) is 4.18 Å². The third-order valence-electron chi connectivity index (χ3n) is 0.528. The Balaban J connectivity index is 2.82. The van der Waals surface area contributed by atoms with Gasteiger partial charge in [-0.15, -0.1) is 0 Å². The molecule has 0 aliphatic carbocycles. The number of rotatable bonds is 4. The summed E-state index contributed by atoms with van der Waals surface area (Å²) in [5, 5.41) is 0. The van der Waals surface area contributed by atoms with E-state index >= 15 is 0 Å². The van der Waals surface area contributed by atoms with E-state index in [1.54, 1.807) is 0 Å². The smallest absolute Gasteiger partial charge is 0.0842 e. The van der Waals surface area contributed by atoms with Crippen LogP contribution in [0.1, 0.15) is 6.42 Å². The number of nitrogens with two attached hydrogens (primary N) is 1. The Kier molecular flexibility index (Phi) is 5.19. The molecule has 5 heteroatoms. The Morgan fingerprint density at radius 3 is 2.75 bits per heavy atom. The fourth-order valence-corrected chi connectivity index (χ4v) is 0.464. The van der Waals surface area contributed by atoms with Gasteiger partial charge in [0, 0.05) is 0 Å². The van der Waals surface area contributed by atoms with Crippen LogP contribution in [0.25, 0.3) is 0 Å². The molecule has 1 unspecified atom stereocenters. The molecule has 0 saturated heterocycles. The molecule has 50 valence electrons. The highest BCUT2D eigenvalue weighted by molar-refractivity contribution is 7.74. The fourth-order valence-electron chi connectivity index (χ4n) is 0.210. The first kappa shape index (κ1) is 8.03. The molecule has 1 atom stereocenters. The highest BCUT2D eigenvalue weighted by Crippen LogP contribution is 1.80. The van der Waals surface area contributed by atoms with Gasteiger partial charge in [0.2, 0.25) is 0 Å². The molecular weight excluding hydrogens is 130 g/mol. The van der Waals surface area contributed by atoms with Crippen LogP contribution in [-0.2, 0) is 15.5 Å². The minimum absolute atomic E-state index is 0.187. The van der Waals surface area contributed by atoms with Crippen molar-refractivity contribution >= 4 is 11.4 Å². The topological polar surface area (TPSA) is 75.4 Å². The van der Waals surface area contributed by atoms with Gasteiger partial charge in [-0.1, -0.05) is 0 Å². The van der Waals surface area contributed by atoms with Crippen LogP contribution in [0.5, 0.6) is 0 Å². The van der Waals surface area contributed by atoms with Gasteiger partial charge in [0.05, 0.1) is 18.0 Å². The molecule has 8 heavy (non-hydrogen) atoms. The minimum atomic E-state index is -2.37. The van der Waals surface area contributed by atoms with Crippen LogP contribution in [-0.4, -0.2) is 21.9 Å². The van der Waals surface area contributed by atoms with Gasteiger partial charge in [-0.3, -0.25) is 0 Å². The molecular formula is C3H8NO3S-. The Hall–Kier alpha value is 0.0300.